The number of methoxy groups -OCH3 is 3. The molecule has 5 heteroatoms. The second-order valence-electron chi connectivity index (χ2n) is 3.65. The number of esters is 1. The number of hydrogen-bond acceptors (Lipinski definition) is 5. The van der Waals surface area contributed by atoms with Crippen molar-refractivity contribution in [3.05, 3.63) is 0 Å². The molecule has 1 rings (SSSR count). The van der Waals surface area contributed by atoms with Crippen molar-refractivity contribution in [3.8, 4) is 0 Å². The van der Waals surface area contributed by atoms with E-state index in [1.807, 2.05) is 6.92 Å². The van der Waals surface area contributed by atoms with Crippen molar-refractivity contribution < 1.29 is 23.7 Å². The zero-order chi connectivity index (χ0) is 11.4. The highest BCUT2D eigenvalue weighted by Crippen LogP contribution is 2.26. The lowest BCUT2D eigenvalue weighted by Gasteiger charge is -2.38. The van der Waals surface area contributed by atoms with Crippen LogP contribution in [0.25, 0.3) is 0 Å². The van der Waals surface area contributed by atoms with Gasteiger partial charge >= 0.3 is 5.97 Å². The van der Waals surface area contributed by atoms with Crippen LogP contribution in [0.3, 0.4) is 0 Å². The van der Waals surface area contributed by atoms with Crippen molar-refractivity contribution in [2.45, 2.75) is 25.2 Å². The van der Waals surface area contributed by atoms with Gasteiger partial charge in [-0.3, -0.25) is 0 Å². The third-order valence-electron chi connectivity index (χ3n) is 2.76. The molecule has 4 atom stereocenters. The molecule has 1 aliphatic heterocycles. The molecule has 0 aromatic rings. The molecule has 0 amide bonds. The Balaban J connectivity index is 2.75. The minimum absolute atomic E-state index is 0.0533. The van der Waals surface area contributed by atoms with Gasteiger partial charge < -0.3 is 18.9 Å². The van der Waals surface area contributed by atoms with Crippen LogP contribution in [-0.4, -0.2) is 52.2 Å². The summed E-state index contributed by atoms with van der Waals surface area (Å²) < 4.78 is 20.5. The van der Waals surface area contributed by atoms with Crippen molar-refractivity contribution >= 4 is 5.97 Å². The fourth-order valence-corrected chi connectivity index (χ4v) is 1.86. The van der Waals surface area contributed by atoms with Gasteiger partial charge in [0, 0.05) is 27.2 Å². The van der Waals surface area contributed by atoms with Gasteiger partial charge in [-0.1, -0.05) is 6.92 Å². The Hall–Kier alpha value is -0.650. The highest BCUT2D eigenvalue weighted by atomic mass is 16.6. The maximum absolute atomic E-state index is 11.5. The predicted octanol–water partition coefficient (Wildman–Crippen LogP) is 0.224. The minimum Gasteiger partial charge on any atom is -0.458 e. The van der Waals surface area contributed by atoms with E-state index in [-0.39, 0.29) is 24.1 Å². The third kappa shape index (κ3) is 2.48. The van der Waals surface area contributed by atoms with Gasteiger partial charge in [0.1, 0.15) is 12.2 Å². The molecule has 0 bridgehead atoms. The Bertz CT molecular complexity index is 218. The van der Waals surface area contributed by atoms with Crippen LogP contribution in [-0.2, 0) is 23.7 Å². The molecular weight excluding hydrogens is 200 g/mol. The molecule has 0 aliphatic carbocycles. The normalized spacial score (nSPS) is 36.4. The molecular formula is C10H18O5. The summed E-state index contributed by atoms with van der Waals surface area (Å²) in [4.78, 5) is 11.5. The summed E-state index contributed by atoms with van der Waals surface area (Å²) in [5.74, 6) is -0.331. The topological polar surface area (TPSA) is 54.0 Å². The van der Waals surface area contributed by atoms with Crippen LogP contribution in [0, 0.1) is 5.92 Å². The number of rotatable bonds is 4. The van der Waals surface area contributed by atoms with E-state index in [4.69, 9.17) is 18.9 Å². The Morgan fingerprint density at radius 1 is 1.27 bits per heavy atom. The third-order valence-corrected chi connectivity index (χ3v) is 2.76. The summed E-state index contributed by atoms with van der Waals surface area (Å²) in [5, 5.41) is 0. The van der Waals surface area contributed by atoms with E-state index < -0.39 is 6.10 Å². The molecule has 0 radical (unpaired) electrons. The molecule has 0 saturated carbocycles. The van der Waals surface area contributed by atoms with E-state index in [1.165, 1.54) is 7.11 Å². The Morgan fingerprint density at radius 2 is 1.93 bits per heavy atom. The van der Waals surface area contributed by atoms with Crippen molar-refractivity contribution in [2.75, 3.05) is 27.9 Å². The van der Waals surface area contributed by atoms with E-state index in [0.29, 0.717) is 6.61 Å². The van der Waals surface area contributed by atoms with E-state index in [0.717, 1.165) is 0 Å². The smallest absolute Gasteiger partial charge is 0.338 e. The molecule has 1 aliphatic rings. The molecule has 1 heterocycles. The Labute approximate surface area is 89.6 Å². The Kier molecular flexibility index (Phi) is 4.50. The molecule has 0 aromatic heterocycles. The van der Waals surface area contributed by atoms with Gasteiger partial charge in [0.15, 0.2) is 6.10 Å². The van der Waals surface area contributed by atoms with E-state index in [1.54, 1.807) is 14.2 Å². The van der Waals surface area contributed by atoms with Crippen LogP contribution < -0.4 is 0 Å². The van der Waals surface area contributed by atoms with Crippen molar-refractivity contribution in [1.82, 2.24) is 0 Å². The fraction of sp³-hybridized carbons (Fsp3) is 0.900. The summed E-state index contributed by atoms with van der Waals surface area (Å²) in [6, 6.07) is 0. The highest BCUT2D eigenvalue weighted by Gasteiger charge is 2.44. The first-order valence-corrected chi connectivity index (χ1v) is 4.90. The summed E-state index contributed by atoms with van der Waals surface area (Å²) >= 11 is 0. The van der Waals surface area contributed by atoms with Crippen molar-refractivity contribution in [2.24, 2.45) is 5.92 Å². The largest absolute Gasteiger partial charge is 0.458 e. The first kappa shape index (κ1) is 12.4. The van der Waals surface area contributed by atoms with E-state index in [2.05, 4.69) is 0 Å². The number of carbonyl (C=O) groups excluding carboxylic acids is 1. The summed E-state index contributed by atoms with van der Waals surface area (Å²) in [7, 11) is 4.61. The average molecular weight is 218 g/mol. The number of ether oxygens (including phenoxy) is 4. The lowest BCUT2D eigenvalue weighted by Crippen LogP contribution is -2.54. The molecule has 1 fully saturated rings. The SMILES string of the molecule is COCC1OC(=O)C(OC)C(OC)C1C. The molecule has 0 spiro atoms. The Morgan fingerprint density at radius 3 is 2.40 bits per heavy atom. The van der Waals surface area contributed by atoms with Gasteiger partial charge in [-0.25, -0.2) is 4.79 Å². The number of carbonyl (C=O) groups is 1. The molecule has 88 valence electrons. The lowest BCUT2D eigenvalue weighted by atomic mass is 9.91. The van der Waals surface area contributed by atoms with Crippen molar-refractivity contribution in [3.63, 3.8) is 0 Å². The van der Waals surface area contributed by atoms with Gasteiger partial charge in [0.2, 0.25) is 0 Å². The summed E-state index contributed by atoms with van der Waals surface area (Å²) in [6.07, 6.45) is -1.19. The van der Waals surface area contributed by atoms with Crippen LogP contribution >= 0.6 is 0 Å². The average Bonchev–Trinajstić information content (AvgIpc) is 2.22. The summed E-state index contributed by atoms with van der Waals surface area (Å²) in [6.45, 7) is 2.33. The second kappa shape index (κ2) is 5.44. The summed E-state index contributed by atoms with van der Waals surface area (Å²) in [5.41, 5.74) is 0. The van der Waals surface area contributed by atoms with Gasteiger partial charge in [-0.15, -0.1) is 0 Å². The van der Waals surface area contributed by atoms with Gasteiger partial charge in [0.25, 0.3) is 0 Å². The second-order valence-corrected chi connectivity index (χ2v) is 3.65. The van der Waals surface area contributed by atoms with Crippen LogP contribution in [0.5, 0.6) is 0 Å². The molecule has 15 heavy (non-hydrogen) atoms. The maximum atomic E-state index is 11.5. The first-order chi connectivity index (χ1) is 7.15. The van der Waals surface area contributed by atoms with Gasteiger partial charge in [-0.2, -0.15) is 0 Å². The standard InChI is InChI=1S/C10H18O5/c1-6-7(5-12-2)15-10(11)9(14-4)8(6)13-3/h6-9H,5H2,1-4H3. The lowest BCUT2D eigenvalue weighted by molar-refractivity contribution is -0.201. The fourth-order valence-electron chi connectivity index (χ4n) is 1.86. The van der Waals surface area contributed by atoms with Crippen LogP contribution in [0.1, 0.15) is 6.92 Å². The predicted molar refractivity (Wildman–Crippen MR) is 52.5 cm³/mol. The maximum Gasteiger partial charge on any atom is 0.338 e. The molecule has 5 nitrogen and oxygen atoms in total. The van der Waals surface area contributed by atoms with Gasteiger partial charge in [-0.05, 0) is 0 Å². The number of cyclic esters (lactones) is 1. The first-order valence-electron chi connectivity index (χ1n) is 4.90. The highest BCUT2D eigenvalue weighted by molar-refractivity contribution is 5.76. The molecule has 1 saturated heterocycles. The molecule has 0 aromatic carbocycles. The zero-order valence-corrected chi connectivity index (χ0v) is 9.56. The minimum atomic E-state index is -0.641. The monoisotopic (exact) mass is 218 g/mol. The molecule has 4 unspecified atom stereocenters. The number of hydrogen-bond donors (Lipinski definition) is 0. The van der Waals surface area contributed by atoms with E-state index >= 15 is 0 Å². The zero-order valence-electron chi connectivity index (χ0n) is 9.56. The van der Waals surface area contributed by atoms with Crippen molar-refractivity contribution in [1.29, 1.82) is 0 Å². The quantitative estimate of drug-likeness (QED) is 0.632. The van der Waals surface area contributed by atoms with E-state index in [9.17, 15) is 4.79 Å². The van der Waals surface area contributed by atoms with Crippen LogP contribution in [0.4, 0.5) is 0 Å². The van der Waals surface area contributed by atoms with Gasteiger partial charge in [0.05, 0.1) is 6.61 Å². The van der Waals surface area contributed by atoms with Crippen LogP contribution in [0.2, 0.25) is 0 Å². The molecule has 0 N–H and O–H groups in total. The van der Waals surface area contributed by atoms with Crippen LogP contribution in [0.15, 0.2) is 0 Å².